The molecule has 1 aromatic carbocycles. The minimum absolute atomic E-state index is 0.156. The fraction of sp³-hybridized carbons (Fsp3) is 0.308. The standard InChI is InChI=1S/C13H17N3O2S2/c1-9(2)12-7-19-13(15-12)16-20(17,18)8-10-5-3-4-6-11(10)14/h3-7,9H,8,14H2,1-2H3,(H,15,16). The van der Waals surface area contributed by atoms with Crippen LogP contribution in [0.2, 0.25) is 0 Å². The van der Waals surface area contributed by atoms with Crippen molar-refractivity contribution in [1.29, 1.82) is 0 Å². The van der Waals surface area contributed by atoms with E-state index in [4.69, 9.17) is 5.73 Å². The van der Waals surface area contributed by atoms with Gasteiger partial charge in [0.25, 0.3) is 0 Å². The molecule has 0 unspecified atom stereocenters. The molecule has 2 aromatic rings. The highest BCUT2D eigenvalue weighted by molar-refractivity contribution is 7.92. The summed E-state index contributed by atoms with van der Waals surface area (Å²) in [7, 11) is -3.50. The molecular formula is C13H17N3O2S2. The fourth-order valence-electron chi connectivity index (χ4n) is 1.64. The minimum Gasteiger partial charge on any atom is -0.398 e. The quantitative estimate of drug-likeness (QED) is 0.831. The summed E-state index contributed by atoms with van der Waals surface area (Å²) in [5, 5.41) is 2.25. The van der Waals surface area contributed by atoms with Gasteiger partial charge in [0.2, 0.25) is 10.0 Å². The molecule has 2 rings (SSSR count). The van der Waals surface area contributed by atoms with Crippen molar-refractivity contribution in [2.45, 2.75) is 25.5 Å². The van der Waals surface area contributed by atoms with Gasteiger partial charge < -0.3 is 5.73 Å². The lowest BCUT2D eigenvalue weighted by molar-refractivity contribution is 0.600. The number of anilines is 2. The average molecular weight is 311 g/mol. The summed E-state index contributed by atoms with van der Waals surface area (Å²) in [6, 6.07) is 6.93. The van der Waals surface area contributed by atoms with Crippen LogP contribution in [0.25, 0.3) is 0 Å². The summed E-state index contributed by atoms with van der Waals surface area (Å²) in [6.07, 6.45) is 0. The smallest absolute Gasteiger partial charge is 0.238 e. The molecule has 1 aromatic heterocycles. The topological polar surface area (TPSA) is 85.1 Å². The molecule has 5 nitrogen and oxygen atoms in total. The Morgan fingerprint density at radius 1 is 1.35 bits per heavy atom. The zero-order chi connectivity index (χ0) is 14.8. The first-order chi connectivity index (χ1) is 9.37. The number of nitrogens with one attached hydrogen (secondary N) is 1. The number of nitrogens with zero attached hydrogens (tertiary/aromatic N) is 1. The van der Waals surface area contributed by atoms with Crippen LogP contribution in [0.4, 0.5) is 10.8 Å². The number of nitrogens with two attached hydrogens (primary N) is 1. The molecule has 0 atom stereocenters. The van der Waals surface area contributed by atoms with E-state index < -0.39 is 10.0 Å². The van der Waals surface area contributed by atoms with Gasteiger partial charge in [0.05, 0.1) is 11.4 Å². The molecule has 7 heteroatoms. The van der Waals surface area contributed by atoms with E-state index in [0.29, 0.717) is 16.4 Å². The van der Waals surface area contributed by atoms with Crippen LogP contribution in [0.3, 0.4) is 0 Å². The van der Waals surface area contributed by atoms with Gasteiger partial charge in [0, 0.05) is 11.1 Å². The van der Waals surface area contributed by atoms with Gasteiger partial charge in [-0.25, -0.2) is 13.4 Å². The second kappa shape index (κ2) is 5.80. The van der Waals surface area contributed by atoms with Crippen LogP contribution in [-0.2, 0) is 15.8 Å². The van der Waals surface area contributed by atoms with Crippen molar-refractivity contribution in [2.75, 3.05) is 10.5 Å². The zero-order valence-corrected chi connectivity index (χ0v) is 13.0. The van der Waals surface area contributed by atoms with E-state index >= 15 is 0 Å². The van der Waals surface area contributed by atoms with Crippen LogP contribution in [-0.4, -0.2) is 13.4 Å². The number of benzene rings is 1. The van der Waals surface area contributed by atoms with Crippen molar-refractivity contribution in [3.63, 3.8) is 0 Å². The third-order valence-corrected chi connectivity index (χ3v) is 4.86. The molecule has 3 N–H and O–H groups in total. The lowest BCUT2D eigenvalue weighted by atomic mass is 10.2. The van der Waals surface area contributed by atoms with Crippen LogP contribution in [0.15, 0.2) is 29.6 Å². The molecule has 0 spiro atoms. The molecule has 0 aliphatic heterocycles. The van der Waals surface area contributed by atoms with Gasteiger partial charge in [-0.2, -0.15) is 0 Å². The molecule has 0 bridgehead atoms. The number of sulfonamides is 1. The van der Waals surface area contributed by atoms with Crippen molar-refractivity contribution in [2.24, 2.45) is 0 Å². The van der Waals surface area contributed by atoms with Crippen LogP contribution >= 0.6 is 11.3 Å². The van der Waals surface area contributed by atoms with E-state index in [2.05, 4.69) is 9.71 Å². The molecule has 0 saturated carbocycles. The first-order valence-corrected chi connectivity index (χ1v) is 8.70. The van der Waals surface area contributed by atoms with Gasteiger partial charge in [0.15, 0.2) is 5.13 Å². The second-order valence-corrected chi connectivity index (χ2v) is 7.37. The monoisotopic (exact) mass is 311 g/mol. The molecule has 0 radical (unpaired) electrons. The van der Waals surface area contributed by atoms with Crippen LogP contribution < -0.4 is 10.5 Å². The lowest BCUT2D eigenvalue weighted by Crippen LogP contribution is -2.15. The maximum absolute atomic E-state index is 12.1. The van der Waals surface area contributed by atoms with E-state index in [0.717, 1.165) is 5.69 Å². The molecule has 0 aliphatic rings. The SMILES string of the molecule is CC(C)c1csc(NS(=O)(=O)Cc2ccccc2N)n1. The van der Waals surface area contributed by atoms with Crippen LogP contribution in [0.1, 0.15) is 31.0 Å². The largest absolute Gasteiger partial charge is 0.398 e. The highest BCUT2D eigenvalue weighted by Gasteiger charge is 2.16. The van der Waals surface area contributed by atoms with E-state index in [-0.39, 0.29) is 11.7 Å². The Hall–Kier alpha value is -1.60. The number of hydrogen-bond acceptors (Lipinski definition) is 5. The minimum atomic E-state index is -3.50. The zero-order valence-electron chi connectivity index (χ0n) is 11.3. The molecule has 0 saturated heterocycles. The number of aromatic nitrogens is 1. The molecule has 1 heterocycles. The van der Waals surface area contributed by atoms with Crippen LogP contribution in [0.5, 0.6) is 0 Å². The van der Waals surface area contributed by atoms with Gasteiger partial charge in [-0.05, 0) is 17.5 Å². The Morgan fingerprint density at radius 2 is 2.05 bits per heavy atom. The first-order valence-electron chi connectivity index (χ1n) is 6.16. The summed E-state index contributed by atoms with van der Waals surface area (Å²) in [4.78, 5) is 4.26. The maximum atomic E-state index is 12.1. The van der Waals surface area contributed by atoms with Crippen molar-refractivity contribution in [3.05, 3.63) is 40.9 Å². The van der Waals surface area contributed by atoms with Gasteiger partial charge in [-0.1, -0.05) is 32.0 Å². The van der Waals surface area contributed by atoms with Gasteiger partial charge in [-0.15, -0.1) is 11.3 Å². The summed E-state index contributed by atoms with van der Waals surface area (Å²) < 4.78 is 26.7. The second-order valence-electron chi connectivity index (χ2n) is 4.79. The van der Waals surface area contributed by atoms with Crippen molar-refractivity contribution >= 4 is 32.2 Å². The molecule has 108 valence electrons. The third kappa shape index (κ3) is 3.71. The van der Waals surface area contributed by atoms with Gasteiger partial charge >= 0.3 is 0 Å². The first kappa shape index (κ1) is 14.8. The van der Waals surface area contributed by atoms with E-state index in [9.17, 15) is 8.42 Å². The van der Waals surface area contributed by atoms with E-state index in [1.54, 1.807) is 24.3 Å². The Balaban J connectivity index is 2.13. The highest BCUT2D eigenvalue weighted by Crippen LogP contribution is 2.23. The molecule has 0 aliphatic carbocycles. The number of hydrogen-bond donors (Lipinski definition) is 2. The molecular weight excluding hydrogens is 294 g/mol. The van der Waals surface area contributed by atoms with Crippen LogP contribution in [0, 0.1) is 0 Å². The van der Waals surface area contributed by atoms with Gasteiger partial charge in [-0.3, -0.25) is 4.72 Å². The van der Waals surface area contributed by atoms with Crippen molar-refractivity contribution in [3.8, 4) is 0 Å². The average Bonchev–Trinajstić information content (AvgIpc) is 2.79. The fourth-order valence-corrected chi connectivity index (χ4v) is 3.98. The number of thiazole rings is 1. The summed E-state index contributed by atoms with van der Waals surface area (Å²) in [5.74, 6) is 0.116. The molecule has 20 heavy (non-hydrogen) atoms. The maximum Gasteiger partial charge on any atom is 0.238 e. The normalized spacial score (nSPS) is 11.8. The predicted octanol–water partition coefficient (Wildman–Crippen LogP) is 2.79. The summed E-state index contributed by atoms with van der Waals surface area (Å²) >= 11 is 1.29. The highest BCUT2D eigenvalue weighted by atomic mass is 32.2. The van der Waals surface area contributed by atoms with Crippen molar-refractivity contribution in [1.82, 2.24) is 4.98 Å². The summed E-state index contributed by atoms with van der Waals surface area (Å²) in [5.41, 5.74) is 7.70. The Kier molecular flexibility index (Phi) is 4.29. The third-order valence-electron chi connectivity index (χ3n) is 2.76. The number of rotatable bonds is 5. The predicted molar refractivity (Wildman–Crippen MR) is 83.3 cm³/mol. The van der Waals surface area contributed by atoms with E-state index in [1.165, 1.54) is 11.3 Å². The molecule has 0 fully saturated rings. The number of para-hydroxylation sites is 1. The number of nitrogen functional groups attached to an aromatic ring is 1. The van der Waals surface area contributed by atoms with Gasteiger partial charge in [0.1, 0.15) is 0 Å². The summed E-state index contributed by atoms with van der Waals surface area (Å²) in [6.45, 7) is 4.02. The Morgan fingerprint density at radius 3 is 2.65 bits per heavy atom. The Labute approximate surface area is 122 Å². The Bertz CT molecular complexity index is 693. The van der Waals surface area contributed by atoms with E-state index in [1.807, 2.05) is 19.2 Å². The molecule has 0 amide bonds. The van der Waals surface area contributed by atoms with Crippen molar-refractivity contribution < 1.29 is 8.42 Å². The lowest BCUT2D eigenvalue weighted by Gasteiger charge is -2.07.